The standard InChI is InChI=1S/C13H22N4O2/c1-5-19-11(18)7-6-8-15-13-9(2)12(14-4)16-10(3)17-13/h5-8H2,1-4H3,(H2,14,15,16,17). The number of nitrogens with zero attached hydrogens (tertiary/aromatic N) is 2. The van der Waals surface area contributed by atoms with Crippen molar-refractivity contribution in [2.75, 3.05) is 30.8 Å². The summed E-state index contributed by atoms with van der Waals surface area (Å²) in [6, 6.07) is 0. The molecule has 1 aromatic heterocycles. The SMILES string of the molecule is CCOC(=O)CCCNc1nc(C)nc(NC)c1C. The normalized spacial score (nSPS) is 10.1. The number of nitrogens with one attached hydrogen (secondary N) is 2. The predicted molar refractivity (Wildman–Crippen MR) is 75.4 cm³/mol. The molecular weight excluding hydrogens is 244 g/mol. The highest BCUT2D eigenvalue weighted by Gasteiger charge is 2.08. The molecule has 0 aliphatic heterocycles. The van der Waals surface area contributed by atoms with Crippen LogP contribution in [0.3, 0.4) is 0 Å². The summed E-state index contributed by atoms with van der Waals surface area (Å²) in [6.07, 6.45) is 1.14. The number of rotatable bonds is 7. The van der Waals surface area contributed by atoms with Gasteiger partial charge in [-0.05, 0) is 27.2 Å². The predicted octanol–water partition coefficient (Wildman–Crippen LogP) is 1.89. The molecule has 0 unspecified atom stereocenters. The number of carbonyl (C=O) groups excluding carboxylic acids is 1. The van der Waals surface area contributed by atoms with Crippen molar-refractivity contribution in [3.05, 3.63) is 11.4 Å². The number of hydrogen-bond acceptors (Lipinski definition) is 6. The van der Waals surface area contributed by atoms with Crippen LogP contribution in [0.5, 0.6) is 0 Å². The average Bonchev–Trinajstić information content (AvgIpc) is 2.38. The van der Waals surface area contributed by atoms with Crippen molar-refractivity contribution in [1.82, 2.24) is 9.97 Å². The summed E-state index contributed by atoms with van der Waals surface area (Å²) in [5, 5.41) is 6.26. The molecule has 1 rings (SSSR count). The van der Waals surface area contributed by atoms with Gasteiger partial charge in [0.05, 0.1) is 6.61 Å². The van der Waals surface area contributed by atoms with E-state index < -0.39 is 0 Å². The van der Waals surface area contributed by atoms with Crippen LogP contribution in [0, 0.1) is 13.8 Å². The van der Waals surface area contributed by atoms with E-state index in [2.05, 4.69) is 20.6 Å². The molecule has 0 saturated heterocycles. The number of aryl methyl sites for hydroxylation is 1. The van der Waals surface area contributed by atoms with E-state index in [9.17, 15) is 4.79 Å². The van der Waals surface area contributed by atoms with Crippen molar-refractivity contribution in [3.8, 4) is 0 Å². The van der Waals surface area contributed by atoms with E-state index in [0.29, 0.717) is 25.4 Å². The van der Waals surface area contributed by atoms with Crippen LogP contribution >= 0.6 is 0 Å². The third kappa shape index (κ3) is 4.73. The first-order valence-corrected chi connectivity index (χ1v) is 6.51. The molecule has 6 nitrogen and oxygen atoms in total. The molecule has 19 heavy (non-hydrogen) atoms. The maximum Gasteiger partial charge on any atom is 0.305 e. The van der Waals surface area contributed by atoms with Crippen LogP contribution in [0.4, 0.5) is 11.6 Å². The number of carbonyl (C=O) groups is 1. The molecule has 0 fully saturated rings. The Bertz CT molecular complexity index is 435. The highest BCUT2D eigenvalue weighted by atomic mass is 16.5. The van der Waals surface area contributed by atoms with Crippen molar-refractivity contribution in [2.24, 2.45) is 0 Å². The van der Waals surface area contributed by atoms with E-state index in [4.69, 9.17) is 4.74 Å². The van der Waals surface area contributed by atoms with Gasteiger partial charge in [-0.3, -0.25) is 4.79 Å². The average molecular weight is 266 g/mol. The van der Waals surface area contributed by atoms with Crippen LogP contribution in [0.25, 0.3) is 0 Å². The molecule has 0 bridgehead atoms. The van der Waals surface area contributed by atoms with E-state index in [1.54, 1.807) is 0 Å². The number of ether oxygens (including phenoxy) is 1. The van der Waals surface area contributed by atoms with Gasteiger partial charge in [-0.25, -0.2) is 9.97 Å². The summed E-state index contributed by atoms with van der Waals surface area (Å²) >= 11 is 0. The topological polar surface area (TPSA) is 76.1 Å². The second-order valence-corrected chi connectivity index (χ2v) is 4.18. The van der Waals surface area contributed by atoms with Crippen molar-refractivity contribution in [2.45, 2.75) is 33.6 Å². The first-order chi connectivity index (χ1) is 9.08. The lowest BCUT2D eigenvalue weighted by Crippen LogP contribution is -2.11. The molecule has 1 aromatic rings. The van der Waals surface area contributed by atoms with Gasteiger partial charge < -0.3 is 15.4 Å². The second kappa shape index (κ2) is 7.56. The number of hydrogen-bond donors (Lipinski definition) is 2. The Morgan fingerprint density at radius 1 is 1.26 bits per heavy atom. The lowest BCUT2D eigenvalue weighted by atomic mass is 10.2. The van der Waals surface area contributed by atoms with Crippen LogP contribution in [-0.2, 0) is 9.53 Å². The molecule has 0 radical (unpaired) electrons. The summed E-state index contributed by atoms with van der Waals surface area (Å²) < 4.78 is 4.87. The molecule has 6 heteroatoms. The van der Waals surface area contributed by atoms with Crippen molar-refractivity contribution >= 4 is 17.6 Å². The first kappa shape index (κ1) is 15.2. The van der Waals surface area contributed by atoms with Crippen LogP contribution in [-0.4, -0.2) is 36.1 Å². The van der Waals surface area contributed by atoms with E-state index >= 15 is 0 Å². The number of anilines is 2. The molecule has 0 aliphatic carbocycles. The monoisotopic (exact) mass is 266 g/mol. The van der Waals surface area contributed by atoms with E-state index in [1.165, 1.54) is 0 Å². The summed E-state index contributed by atoms with van der Waals surface area (Å²) in [4.78, 5) is 19.8. The van der Waals surface area contributed by atoms with Gasteiger partial charge in [0.1, 0.15) is 17.5 Å². The Labute approximate surface area is 114 Å². The minimum atomic E-state index is -0.157. The fraction of sp³-hybridized carbons (Fsp3) is 0.615. The highest BCUT2D eigenvalue weighted by Crippen LogP contribution is 2.19. The Morgan fingerprint density at radius 3 is 2.58 bits per heavy atom. The lowest BCUT2D eigenvalue weighted by Gasteiger charge is -2.12. The molecule has 2 N–H and O–H groups in total. The Kier molecular flexibility index (Phi) is 6.05. The minimum Gasteiger partial charge on any atom is -0.466 e. The van der Waals surface area contributed by atoms with Gasteiger partial charge in [-0.2, -0.15) is 0 Å². The van der Waals surface area contributed by atoms with Crippen LogP contribution in [0.1, 0.15) is 31.2 Å². The Hall–Kier alpha value is -1.85. The molecule has 1 heterocycles. The van der Waals surface area contributed by atoms with E-state index in [0.717, 1.165) is 23.6 Å². The van der Waals surface area contributed by atoms with Gasteiger partial charge in [-0.1, -0.05) is 0 Å². The van der Waals surface area contributed by atoms with Crippen LogP contribution in [0.15, 0.2) is 0 Å². The van der Waals surface area contributed by atoms with E-state index in [1.807, 2.05) is 27.8 Å². The largest absolute Gasteiger partial charge is 0.466 e. The van der Waals surface area contributed by atoms with E-state index in [-0.39, 0.29) is 5.97 Å². The highest BCUT2D eigenvalue weighted by molar-refractivity contribution is 5.69. The van der Waals surface area contributed by atoms with Crippen LogP contribution in [0.2, 0.25) is 0 Å². The summed E-state index contributed by atoms with van der Waals surface area (Å²) in [7, 11) is 1.83. The maximum absolute atomic E-state index is 11.2. The summed E-state index contributed by atoms with van der Waals surface area (Å²) in [5.41, 5.74) is 0.976. The molecule has 106 valence electrons. The molecule has 0 aromatic carbocycles. The van der Waals surface area contributed by atoms with Crippen molar-refractivity contribution in [3.63, 3.8) is 0 Å². The van der Waals surface area contributed by atoms with Gasteiger partial charge in [0.15, 0.2) is 0 Å². The van der Waals surface area contributed by atoms with Gasteiger partial charge >= 0.3 is 5.97 Å². The Morgan fingerprint density at radius 2 is 1.95 bits per heavy atom. The van der Waals surface area contributed by atoms with Gasteiger partial charge in [0.2, 0.25) is 0 Å². The van der Waals surface area contributed by atoms with Gasteiger partial charge in [0.25, 0.3) is 0 Å². The van der Waals surface area contributed by atoms with Gasteiger partial charge in [-0.15, -0.1) is 0 Å². The molecule has 0 aliphatic rings. The maximum atomic E-state index is 11.2. The molecule has 0 spiro atoms. The summed E-state index contributed by atoms with van der Waals surface area (Å²) in [5.74, 6) is 2.18. The number of esters is 1. The second-order valence-electron chi connectivity index (χ2n) is 4.18. The molecule has 0 amide bonds. The fourth-order valence-electron chi connectivity index (χ4n) is 1.72. The first-order valence-electron chi connectivity index (χ1n) is 6.51. The zero-order chi connectivity index (χ0) is 14.3. The molecular formula is C13H22N4O2. The summed E-state index contributed by atoms with van der Waals surface area (Å²) in [6.45, 7) is 6.73. The third-order valence-electron chi connectivity index (χ3n) is 2.65. The van der Waals surface area contributed by atoms with Crippen molar-refractivity contribution in [1.29, 1.82) is 0 Å². The van der Waals surface area contributed by atoms with Gasteiger partial charge in [0, 0.05) is 25.6 Å². The lowest BCUT2D eigenvalue weighted by molar-refractivity contribution is -0.143. The Balaban J connectivity index is 2.49. The van der Waals surface area contributed by atoms with Crippen LogP contribution < -0.4 is 10.6 Å². The quantitative estimate of drug-likeness (QED) is 0.580. The minimum absolute atomic E-state index is 0.157. The number of aromatic nitrogens is 2. The fourth-order valence-corrected chi connectivity index (χ4v) is 1.72. The smallest absolute Gasteiger partial charge is 0.305 e. The molecule has 0 atom stereocenters. The van der Waals surface area contributed by atoms with Crippen molar-refractivity contribution < 1.29 is 9.53 Å². The molecule has 0 saturated carbocycles. The third-order valence-corrected chi connectivity index (χ3v) is 2.65. The zero-order valence-electron chi connectivity index (χ0n) is 12.0. The zero-order valence-corrected chi connectivity index (χ0v) is 12.0.